The average molecular weight is 234 g/mol. The van der Waals surface area contributed by atoms with E-state index < -0.39 is 5.97 Å². The molecule has 0 amide bonds. The molecule has 2 aromatic heterocycles. The van der Waals surface area contributed by atoms with Gasteiger partial charge in [-0.3, -0.25) is 9.67 Å². The van der Waals surface area contributed by atoms with Crippen molar-refractivity contribution in [3.8, 4) is 0 Å². The van der Waals surface area contributed by atoms with Gasteiger partial charge >= 0.3 is 5.97 Å². The maximum atomic E-state index is 10.7. The summed E-state index contributed by atoms with van der Waals surface area (Å²) in [6.07, 6.45) is 5.99. The van der Waals surface area contributed by atoms with Gasteiger partial charge in [0.2, 0.25) is 0 Å². The monoisotopic (exact) mass is 234 g/mol. The summed E-state index contributed by atoms with van der Waals surface area (Å²) in [5.41, 5.74) is -0.0873. The molecule has 17 heavy (non-hydrogen) atoms. The third-order valence-corrected chi connectivity index (χ3v) is 1.97. The van der Waals surface area contributed by atoms with E-state index in [1.54, 1.807) is 17.1 Å². The summed E-state index contributed by atoms with van der Waals surface area (Å²) >= 11 is 0. The molecule has 0 saturated carbocycles. The van der Waals surface area contributed by atoms with E-state index in [1.165, 1.54) is 12.4 Å². The number of nitrogens with one attached hydrogen (secondary N) is 1. The van der Waals surface area contributed by atoms with Gasteiger partial charge < -0.3 is 10.4 Å². The summed E-state index contributed by atoms with van der Waals surface area (Å²) in [5, 5.41) is 19.1. The molecule has 88 valence electrons. The van der Waals surface area contributed by atoms with Crippen molar-refractivity contribution in [3.63, 3.8) is 0 Å². The molecule has 2 heterocycles. The van der Waals surface area contributed by atoms with Crippen LogP contribution in [0.2, 0.25) is 0 Å². The molecule has 8 heteroatoms. The topological polar surface area (TPSA) is 106 Å². The Balaban J connectivity index is 1.90. The third-order valence-electron chi connectivity index (χ3n) is 1.97. The van der Waals surface area contributed by atoms with Gasteiger partial charge in [-0.15, -0.1) is 5.10 Å². The van der Waals surface area contributed by atoms with Crippen LogP contribution in [0.3, 0.4) is 0 Å². The second-order valence-corrected chi connectivity index (χ2v) is 3.19. The minimum Gasteiger partial charge on any atom is -0.476 e. The Hall–Kier alpha value is -2.51. The summed E-state index contributed by atoms with van der Waals surface area (Å²) in [6, 6.07) is 0. The molecule has 0 aromatic carbocycles. The number of aromatic carboxylic acids is 1. The van der Waals surface area contributed by atoms with Crippen molar-refractivity contribution in [1.82, 2.24) is 25.0 Å². The van der Waals surface area contributed by atoms with E-state index in [1.807, 2.05) is 0 Å². The molecule has 0 aliphatic rings. The molecule has 0 spiro atoms. The van der Waals surface area contributed by atoms with E-state index in [4.69, 9.17) is 5.11 Å². The lowest BCUT2D eigenvalue weighted by Crippen LogP contribution is -2.13. The zero-order valence-electron chi connectivity index (χ0n) is 8.82. The van der Waals surface area contributed by atoms with Crippen LogP contribution in [-0.2, 0) is 6.54 Å². The van der Waals surface area contributed by atoms with E-state index in [2.05, 4.69) is 25.6 Å². The number of carboxylic acids is 1. The highest BCUT2D eigenvalue weighted by atomic mass is 16.4. The first kappa shape index (κ1) is 11.0. The van der Waals surface area contributed by atoms with E-state index in [9.17, 15) is 4.79 Å². The standard InChI is InChI=1S/C9H10N6O2/c16-9(17)7-5-10-6-8(13-7)11-1-3-15-4-2-12-14-15/h2,4-6H,1,3H2,(H,11,13)(H,16,17). The second kappa shape index (κ2) is 5.01. The quantitative estimate of drug-likeness (QED) is 0.742. The Morgan fingerprint density at radius 2 is 2.35 bits per heavy atom. The summed E-state index contributed by atoms with van der Waals surface area (Å²) in [4.78, 5) is 18.3. The number of nitrogens with zero attached hydrogens (tertiary/aromatic N) is 5. The average Bonchev–Trinajstić information content (AvgIpc) is 2.82. The number of anilines is 1. The largest absolute Gasteiger partial charge is 0.476 e. The Kier molecular flexibility index (Phi) is 3.24. The van der Waals surface area contributed by atoms with Gasteiger partial charge in [-0.2, -0.15) is 0 Å². The highest BCUT2D eigenvalue weighted by Crippen LogP contribution is 2.01. The summed E-state index contributed by atoms with van der Waals surface area (Å²) in [6.45, 7) is 1.17. The summed E-state index contributed by atoms with van der Waals surface area (Å²) < 4.78 is 1.65. The van der Waals surface area contributed by atoms with Crippen LogP contribution in [0.4, 0.5) is 5.82 Å². The smallest absolute Gasteiger partial charge is 0.356 e. The Labute approximate surface area is 96.3 Å². The minimum absolute atomic E-state index is 0.0873. The van der Waals surface area contributed by atoms with Crippen molar-refractivity contribution >= 4 is 11.8 Å². The zero-order chi connectivity index (χ0) is 12.1. The van der Waals surface area contributed by atoms with Crippen molar-refractivity contribution in [3.05, 3.63) is 30.5 Å². The van der Waals surface area contributed by atoms with Gasteiger partial charge in [-0.1, -0.05) is 5.21 Å². The molecule has 0 saturated heterocycles. The molecule has 0 fully saturated rings. The van der Waals surface area contributed by atoms with E-state index in [0.717, 1.165) is 0 Å². The van der Waals surface area contributed by atoms with E-state index in [-0.39, 0.29) is 5.69 Å². The van der Waals surface area contributed by atoms with Crippen LogP contribution < -0.4 is 5.32 Å². The van der Waals surface area contributed by atoms with Crippen LogP contribution in [0.5, 0.6) is 0 Å². The van der Waals surface area contributed by atoms with Crippen LogP contribution in [-0.4, -0.2) is 42.6 Å². The lowest BCUT2D eigenvalue weighted by atomic mass is 10.4. The zero-order valence-corrected chi connectivity index (χ0v) is 8.82. The Bertz CT molecular complexity index is 498. The molecular formula is C9H10N6O2. The molecule has 2 N–H and O–H groups in total. The highest BCUT2D eigenvalue weighted by Gasteiger charge is 2.05. The van der Waals surface area contributed by atoms with Crippen molar-refractivity contribution in [2.75, 3.05) is 11.9 Å². The fraction of sp³-hybridized carbons (Fsp3) is 0.222. The van der Waals surface area contributed by atoms with Gasteiger partial charge in [0.25, 0.3) is 0 Å². The molecule has 8 nitrogen and oxygen atoms in total. The maximum absolute atomic E-state index is 10.7. The molecule has 0 atom stereocenters. The number of aromatic nitrogens is 5. The van der Waals surface area contributed by atoms with Gasteiger partial charge in [0.05, 0.1) is 25.1 Å². The molecule has 0 unspecified atom stereocenters. The first-order valence-electron chi connectivity index (χ1n) is 4.89. The number of hydrogen-bond acceptors (Lipinski definition) is 6. The van der Waals surface area contributed by atoms with Crippen molar-refractivity contribution < 1.29 is 9.90 Å². The molecule has 2 aromatic rings. The number of rotatable bonds is 5. The van der Waals surface area contributed by atoms with Gasteiger partial charge in [-0.05, 0) is 0 Å². The second-order valence-electron chi connectivity index (χ2n) is 3.19. The van der Waals surface area contributed by atoms with Gasteiger partial charge in [-0.25, -0.2) is 9.78 Å². The molecule has 0 bridgehead atoms. The first-order valence-corrected chi connectivity index (χ1v) is 4.89. The molecule has 0 aliphatic carbocycles. The van der Waals surface area contributed by atoms with Crippen LogP contribution in [0.15, 0.2) is 24.8 Å². The number of carboxylic acid groups (broad SMARTS) is 1. The summed E-state index contributed by atoms with van der Waals surface area (Å²) in [7, 11) is 0. The van der Waals surface area contributed by atoms with E-state index in [0.29, 0.717) is 18.9 Å². The molecular weight excluding hydrogens is 224 g/mol. The van der Waals surface area contributed by atoms with Crippen molar-refractivity contribution in [2.45, 2.75) is 6.54 Å². The van der Waals surface area contributed by atoms with Crippen LogP contribution >= 0.6 is 0 Å². The van der Waals surface area contributed by atoms with Gasteiger partial charge in [0.1, 0.15) is 5.82 Å². The van der Waals surface area contributed by atoms with Crippen molar-refractivity contribution in [2.24, 2.45) is 0 Å². The number of carbonyl (C=O) groups is 1. The molecule has 0 aliphatic heterocycles. The fourth-order valence-electron chi connectivity index (χ4n) is 1.20. The Morgan fingerprint density at radius 1 is 1.47 bits per heavy atom. The third kappa shape index (κ3) is 2.97. The fourth-order valence-corrected chi connectivity index (χ4v) is 1.20. The minimum atomic E-state index is -1.10. The maximum Gasteiger partial charge on any atom is 0.356 e. The number of hydrogen-bond donors (Lipinski definition) is 2. The normalized spacial score (nSPS) is 10.1. The van der Waals surface area contributed by atoms with E-state index >= 15 is 0 Å². The van der Waals surface area contributed by atoms with Crippen LogP contribution in [0.1, 0.15) is 10.5 Å². The first-order chi connectivity index (χ1) is 8.25. The molecule has 0 radical (unpaired) electrons. The van der Waals surface area contributed by atoms with Gasteiger partial charge in [0, 0.05) is 12.7 Å². The summed E-state index contributed by atoms with van der Waals surface area (Å²) in [5.74, 6) is -0.678. The van der Waals surface area contributed by atoms with Crippen LogP contribution in [0, 0.1) is 0 Å². The van der Waals surface area contributed by atoms with Gasteiger partial charge in [0.15, 0.2) is 5.69 Å². The lowest BCUT2D eigenvalue weighted by Gasteiger charge is -2.05. The predicted octanol–water partition coefficient (Wildman–Crippen LogP) is -0.122. The SMILES string of the molecule is O=C(O)c1cncc(NCCn2ccnn2)n1. The predicted molar refractivity (Wildman–Crippen MR) is 57.5 cm³/mol. The highest BCUT2D eigenvalue weighted by molar-refractivity contribution is 5.85. The Morgan fingerprint density at radius 3 is 3.06 bits per heavy atom. The van der Waals surface area contributed by atoms with Crippen LogP contribution in [0.25, 0.3) is 0 Å². The lowest BCUT2D eigenvalue weighted by molar-refractivity contribution is 0.0690. The van der Waals surface area contributed by atoms with Crippen molar-refractivity contribution in [1.29, 1.82) is 0 Å². The molecule has 2 rings (SSSR count).